The van der Waals surface area contributed by atoms with Crippen molar-refractivity contribution >= 4 is 29.2 Å². The van der Waals surface area contributed by atoms with Crippen molar-refractivity contribution in [2.75, 3.05) is 12.9 Å². The van der Waals surface area contributed by atoms with Gasteiger partial charge < -0.3 is 4.74 Å². The Kier molecular flexibility index (Phi) is 6.71. The van der Waals surface area contributed by atoms with E-state index in [4.69, 9.17) is 0 Å². The molecule has 130 valence electrons. The number of hydrogen-bond donors (Lipinski definition) is 0. The molecule has 0 saturated carbocycles. The third-order valence-electron chi connectivity index (χ3n) is 3.57. The van der Waals surface area contributed by atoms with E-state index in [9.17, 15) is 19.7 Å². The van der Waals surface area contributed by atoms with Crippen LogP contribution in [-0.2, 0) is 9.53 Å². The fourth-order valence-electron chi connectivity index (χ4n) is 2.22. The van der Waals surface area contributed by atoms with E-state index < -0.39 is 4.92 Å². The number of non-ortho nitro benzene ring substituents is 1. The van der Waals surface area contributed by atoms with Crippen molar-refractivity contribution < 1.29 is 19.2 Å². The molecule has 2 aromatic rings. The number of carbonyl (C=O) groups is 2. The normalized spacial score (nSPS) is 11.6. The van der Waals surface area contributed by atoms with Gasteiger partial charge in [0.05, 0.1) is 17.8 Å². The Morgan fingerprint density at radius 1 is 1.12 bits per heavy atom. The van der Waals surface area contributed by atoms with Crippen LogP contribution in [0.2, 0.25) is 0 Å². The van der Waals surface area contributed by atoms with Crippen LogP contribution >= 0.6 is 11.8 Å². The summed E-state index contributed by atoms with van der Waals surface area (Å²) in [6, 6.07) is 14.9. The van der Waals surface area contributed by atoms with Crippen molar-refractivity contribution in [3.8, 4) is 0 Å². The van der Waals surface area contributed by atoms with Gasteiger partial charge in [-0.2, -0.15) is 0 Å². The highest BCUT2D eigenvalue weighted by Gasteiger charge is 2.20. The van der Waals surface area contributed by atoms with E-state index in [-0.39, 0.29) is 34.9 Å². The third-order valence-corrected chi connectivity index (χ3v) is 4.82. The number of ketones is 1. The van der Waals surface area contributed by atoms with Crippen LogP contribution in [0.25, 0.3) is 0 Å². The summed E-state index contributed by atoms with van der Waals surface area (Å²) in [5.74, 6) is -0.342. The lowest BCUT2D eigenvalue weighted by Crippen LogP contribution is -2.10. The first kappa shape index (κ1) is 18.7. The van der Waals surface area contributed by atoms with E-state index in [0.717, 1.165) is 5.56 Å². The number of hydrogen-bond acceptors (Lipinski definition) is 6. The quantitative estimate of drug-likeness (QED) is 0.308. The Balaban J connectivity index is 2.18. The summed E-state index contributed by atoms with van der Waals surface area (Å²) in [4.78, 5) is 34.2. The number of thioether (sulfide) groups is 1. The molecule has 25 heavy (non-hydrogen) atoms. The summed E-state index contributed by atoms with van der Waals surface area (Å²) in [7, 11) is 1.30. The van der Waals surface area contributed by atoms with Gasteiger partial charge in [-0.15, -0.1) is 11.8 Å². The molecule has 0 N–H and O–H groups in total. The summed E-state index contributed by atoms with van der Waals surface area (Å²) in [6.45, 7) is 0. The number of ether oxygens (including phenoxy) is 1. The van der Waals surface area contributed by atoms with Gasteiger partial charge in [-0.25, -0.2) is 0 Å². The van der Waals surface area contributed by atoms with Crippen molar-refractivity contribution in [2.24, 2.45) is 0 Å². The van der Waals surface area contributed by atoms with Gasteiger partial charge in [0.25, 0.3) is 5.69 Å². The molecule has 0 unspecified atom stereocenters. The number of rotatable bonds is 8. The molecule has 7 heteroatoms. The molecule has 0 heterocycles. The first-order chi connectivity index (χ1) is 12.0. The molecular formula is C18H17NO5S. The highest BCUT2D eigenvalue weighted by atomic mass is 32.2. The van der Waals surface area contributed by atoms with Gasteiger partial charge in [0.1, 0.15) is 0 Å². The molecule has 0 fully saturated rings. The van der Waals surface area contributed by atoms with Crippen LogP contribution in [0.15, 0.2) is 54.6 Å². The average Bonchev–Trinajstić information content (AvgIpc) is 2.65. The van der Waals surface area contributed by atoms with Gasteiger partial charge in [-0.05, 0) is 5.56 Å². The summed E-state index contributed by atoms with van der Waals surface area (Å²) in [6.07, 6.45) is 0.184. The van der Waals surface area contributed by atoms with E-state index in [0.29, 0.717) is 5.56 Å². The first-order valence-corrected chi connectivity index (χ1v) is 8.57. The second kappa shape index (κ2) is 8.98. The van der Waals surface area contributed by atoms with Crippen LogP contribution in [0.1, 0.15) is 27.6 Å². The molecule has 2 aromatic carbocycles. The third kappa shape index (κ3) is 5.42. The summed E-state index contributed by atoms with van der Waals surface area (Å²) < 4.78 is 4.64. The number of Topliss-reactive ketones (excluding diaryl/α,β-unsaturated/α-hetero) is 1. The van der Waals surface area contributed by atoms with Gasteiger partial charge in [0.2, 0.25) is 0 Å². The Hall–Kier alpha value is -2.67. The molecule has 0 aliphatic rings. The van der Waals surface area contributed by atoms with Crippen LogP contribution in [0, 0.1) is 10.1 Å². The molecule has 0 amide bonds. The topological polar surface area (TPSA) is 86.5 Å². The maximum absolute atomic E-state index is 12.5. The molecule has 0 aromatic heterocycles. The van der Waals surface area contributed by atoms with Gasteiger partial charge in [-0.3, -0.25) is 19.7 Å². The number of carbonyl (C=O) groups excluding carboxylic acids is 2. The maximum Gasteiger partial charge on any atom is 0.315 e. The average molecular weight is 359 g/mol. The van der Waals surface area contributed by atoms with Crippen molar-refractivity contribution in [1.29, 1.82) is 0 Å². The number of benzene rings is 2. The SMILES string of the molecule is COC(=O)CS[C@@H](CC(=O)c1ccccc1)c1ccc([N+](=O)[O-])cc1. The predicted octanol–water partition coefficient (Wildman–Crippen LogP) is 3.82. The summed E-state index contributed by atoms with van der Waals surface area (Å²) in [5, 5.41) is 10.5. The fourth-order valence-corrected chi connectivity index (χ4v) is 3.30. The first-order valence-electron chi connectivity index (χ1n) is 7.52. The molecule has 0 aliphatic carbocycles. The van der Waals surface area contributed by atoms with Crippen LogP contribution in [0.5, 0.6) is 0 Å². The molecule has 0 saturated heterocycles. The van der Waals surface area contributed by atoms with E-state index in [2.05, 4.69) is 4.74 Å². The molecular weight excluding hydrogens is 342 g/mol. The fraction of sp³-hybridized carbons (Fsp3) is 0.222. The van der Waals surface area contributed by atoms with Gasteiger partial charge in [0.15, 0.2) is 5.78 Å². The van der Waals surface area contributed by atoms with Crippen molar-refractivity contribution in [3.05, 3.63) is 75.8 Å². The van der Waals surface area contributed by atoms with Crippen LogP contribution in [-0.4, -0.2) is 29.5 Å². The lowest BCUT2D eigenvalue weighted by atomic mass is 10.0. The predicted molar refractivity (Wildman–Crippen MR) is 95.7 cm³/mol. The highest BCUT2D eigenvalue weighted by Crippen LogP contribution is 2.34. The summed E-state index contributed by atoms with van der Waals surface area (Å²) >= 11 is 1.28. The van der Waals surface area contributed by atoms with E-state index in [1.807, 2.05) is 6.07 Å². The number of esters is 1. The zero-order valence-corrected chi connectivity index (χ0v) is 14.4. The van der Waals surface area contributed by atoms with Gasteiger partial charge in [0, 0.05) is 29.4 Å². The summed E-state index contributed by atoms with van der Waals surface area (Å²) in [5.41, 5.74) is 1.33. The minimum atomic E-state index is -0.477. The van der Waals surface area contributed by atoms with E-state index >= 15 is 0 Å². The zero-order chi connectivity index (χ0) is 18.2. The van der Waals surface area contributed by atoms with E-state index in [1.165, 1.54) is 31.0 Å². The monoisotopic (exact) mass is 359 g/mol. The number of nitro groups is 1. The second-order valence-electron chi connectivity index (χ2n) is 5.22. The standard InChI is InChI=1S/C18H17NO5S/c1-24-18(21)12-25-17(11-16(20)13-5-3-2-4-6-13)14-7-9-15(10-8-14)19(22)23/h2-10,17H,11-12H2,1H3/t17-/m0/s1. The molecule has 0 spiro atoms. The molecule has 0 aliphatic heterocycles. The molecule has 0 radical (unpaired) electrons. The lowest BCUT2D eigenvalue weighted by Gasteiger charge is -2.16. The van der Waals surface area contributed by atoms with Crippen molar-refractivity contribution in [2.45, 2.75) is 11.7 Å². The zero-order valence-electron chi connectivity index (χ0n) is 13.6. The molecule has 1 atom stereocenters. The smallest absolute Gasteiger partial charge is 0.315 e. The number of nitro benzene ring substituents is 1. The minimum absolute atomic E-state index is 0.0187. The molecule has 6 nitrogen and oxygen atoms in total. The van der Waals surface area contributed by atoms with Gasteiger partial charge >= 0.3 is 5.97 Å². The molecule has 2 rings (SSSR count). The Bertz CT molecular complexity index is 746. The lowest BCUT2D eigenvalue weighted by molar-refractivity contribution is -0.384. The Morgan fingerprint density at radius 3 is 2.32 bits per heavy atom. The van der Waals surface area contributed by atoms with Crippen molar-refractivity contribution in [3.63, 3.8) is 0 Å². The van der Waals surface area contributed by atoms with Crippen LogP contribution in [0.3, 0.4) is 0 Å². The number of nitrogens with zero attached hydrogens (tertiary/aromatic N) is 1. The Morgan fingerprint density at radius 2 is 1.76 bits per heavy atom. The minimum Gasteiger partial charge on any atom is -0.468 e. The van der Waals surface area contributed by atoms with E-state index in [1.54, 1.807) is 36.4 Å². The van der Waals surface area contributed by atoms with Gasteiger partial charge in [-0.1, -0.05) is 42.5 Å². The van der Waals surface area contributed by atoms with Crippen LogP contribution in [0.4, 0.5) is 5.69 Å². The maximum atomic E-state index is 12.5. The Labute approximate surface area is 149 Å². The largest absolute Gasteiger partial charge is 0.468 e. The van der Waals surface area contributed by atoms with Crippen molar-refractivity contribution in [1.82, 2.24) is 0 Å². The highest BCUT2D eigenvalue weighted by molar-refractivity contribution is 8.00. The van der Waals surface area contributed by atoms with Crippen LogP contribution < -0.4 is 0 Å². The molecule has 0 bridgehead atoms. The second-order valence-corrected chi connectivity index (χ2v) is 6.41. The number of methoxy groups -OCH3 is 1.